The number of furan rings is 1. The number of hydrogen-bond acceptors (Lipinski definition) is 2. The third-order valence-corrected chi connectivity index (χ3v) is 2.94. The van der Waals surface area contributed by atoms with Crippen LogP contribution in [0.25, 0.3) is 0 Å². The zero-order valence-electron chi connectivity index (χ0n) is 10.1. The minimum absolute atomic E-state index is 0.586. The van der Waals surface area contributed by atoms with Gasteiger partial charge in [-0.2, -0.15) is 0 Å². The molecule has 0 aliphatic carbocycles. The fourth-order valence-electron chi connectivity index (χ4n) is 1.87. The van der Waals surface area contributed by atoms with E-state index < -0.39 is 0 Å². The summed E-state index contributed by atoms with van der Waals surface area (Å²) < 4.78 is 5.10. The summed E-state index contributed by atoms with van der Waals surface area (Å²) in [5, 5.41) is 3.54. The average Bonchev–Trinajstić information content (AvgIpc) is 2.70. The highest BCUT2D eigenvalue weighted by Crippen LogP contribution is 2.14. The third kappa shape index (κ3) is 4.52. The molecule has 0 aromatic carbocycles. The number of rotatable bonds is 7. The number of hydrogen-bond donors (Lipinski definition) is 1. The molecular weight excluding hydrogens is 186 g/mol. The zero-order chi connectivity index (χ0) is 11.1. The van der Waals surface area contributed by atoms with Crippen LogP contribution in [0.1, 0.15) is 39.2 Å². The van der Waals surface area contributed by atoms with Crippen molar-refractivity contribution < 1.29 is 4.42 Å². The van der Waals surface area contributed by atoms with Crippen LogP contribution in [0, 0.1) is 5.92 Å². The summed E-state index contributed by atoms with van der Waals surface area (Å²) in [6, 6.07) is 2.64. The Hall–Kier alpha value is -0.760. The standard InChI is InChI=1S/C13H23NO/c1-4-11(3)8-13(14-5-2)9-12-6-7-15-10-12/h6-7,10-11,13-14H,4-5,8-9H2,1-3H3. The summed E-state index contributed by atoms with van der Waals surface area (Å²) in [6.07, 6.45) is 7.18. The van der Waals surface area contributed by atoms with E-state index in [2.05, 4.69) is 32.2 Å². The molecule has 0 radical (unpaired) electrons. The van der Waals surface area contributed by atoms with Gasteiger partial charge in [0.25, 0.3) is 0 Å². The lowest BCUT2D eigenvalue weighted by Gasteiger charge is -2.20. The van der Waals surface area contributed by atoms with Crippen LogP contribution in [0.5, 0.6) is 0 Å². The van der Waals surface area contributed by atoms with E-state index in [4.69, 9.17) is 4.42 Å². The second kappa shape index (κ2) is 6.67. The van der Waals surface area contributed by atoms with Crippen LogP contribution < -0.4 is 5.32 Å². The predicted molar refractivity (Wildman–Crippen MR) is 63.9 cm³/mol. The highest BCUT2D eigenvalue weighted by atomic mass is 16.3. The normalized spacial score (nSPS) is 15.1. The van der Waals surface area contributed by atoms with Crippen LogP contribution in [-0.4, -0.2) is 12.6 Å². The molecule has 0 spiro atoms. The smallest absolute Gasteiger partial charge is 0.0935 e. The van der Waals surface area contributed by atoms with Gasteiger partial charge in [-0.05, 0) is 36.9 Å². The summed E-state index contributed by atoms with van der Waals surface area (Å²) in [6.45, 7) is 7.78. The molecule has 0 saturated heterocycles. The topological polar surface area (TPSA) is 25.2 Å². The summed E-state index contributed by atoms with van der Waals surface area (Å²) in [7, 11) is 0. The van der Waals surface area contributed by atoms with Crippen LogP contribution in [0.2, 0.25) is 0 Å². The molecular formula is C13H23NO. The van der Waals surface area contributed by atoms with Gasteiger partial charge in [0.15, 0.2) is 0 Å². The minimum Gasteiger partial charge on any atom is -0.472 e. The van der Waals surface area contributed by atoms with E-state index in [-0.39, 0.29) is 0 Å². The summed E-state index contributed by atoms with van der Waals surface area (Å²) in [4.78, 5) is 0. The maximum Gasteiger partial charge on any atom is 0.0935 e. The highest BCUT2D eigenvalue weighted by Gasteiger charge is 2.12. The van der Waals surface area contributed by atoms with Crippen molar-refractivity contribution in [2.24, 2.45) is 5.92 Å². The Bertz CT molecular complexity index is 243. The van der Waals surface area contributed by atoms with Crippen molar-refractivity contribution in [1.82, 2.24) is 5.32 Å². The van der Waals surface area contributed by atoms with Crippen molar-refractivity contribution in [1.29, 1.82) is 0 Å². The second-order valence-corrected chi connectivity index (χ2v) is 4.34. The molecule has 1 aromatic rings. The van der Waals surface area contributed by atoms with Gasteiger partial charge in [0, 0.05) is 6.04 Å². The van der Waals surface area contributed by atoms with Gasteiger partial charge in [-0.1, -0.05) is 27.2 Å². The van der Waals surface area contributed by atoms with Crippen LogP contribution in [-0.2, 0) is 6.42 Å². The lowest BCUT2D eigenvalue weighted by Crippen LogP contribution is -2.32. The van der Waals surface area contributed by atoms with E-state index in [1.807, 2.05) is 6.26 Å². The molecule has 1 heterocycles. The fraction of sp³-hybridized carbons (Fsp3) is 0.692. The Morgan fingerprint density at radius 2 is 2.20 bits per heavy atom. The first-order valence-corrected chi connectivity index (χ1v) is 6.00. The number of likely N-dealkylation sites (N-methyl/N-ethyl adjacent to an activating group) is 1. The van der Waals surface area contributed by atoms with Crippen molar-refractivity contribution in [3.05, 3.63) is 24.2 Å². The summed E-state index contributed by atoms with van der Waals surface area (Å²) >= 11 is 0. The van der Waals surface area contributed by atoms with Crippen molar-refractivity contribution >= 4 is 0 Å². The summed E-state index contributed by atoms with van der Waals surface area (Å²) in [5.41, 5.74) is 1.30. The van der Waals surface area contributed by atoms with Crippen LogP contribution in [0.3, 0.4) is 0 Å². The predicted octanol–water partition coefficient (Wildman–Crippen LogP) is 3.24. The molecule has 2 unspecified atom stereocenters. The first kappa shape index (κ1) is 12.3. The molecule has 15 heavy (non-hydrogen) atoms. The third-order valence-electron chi connectivity index (χ3n) is 2.94. The van der Waals surface area contributed by atoms with E-state index >= 15 is 0 Å². The molecule has 0 fully saturated rings. The van der Waals surface area contributed by atoms with Gasteiger partial charge in [-0.25, -0.2) is 0 Å². The molecule has 2 nitrogen and oxygen atoms in total. The lowest BCUT2D eigenvalue weighted by molar-refractivity contribution is 0.396. The average molecular weight is 209 g/mol. The fourth-order valence-corrected chi connectivity index (χ4v) is 1.87. The molecule has 2 atom stereocenters. The Morgan fingerprint density at radius 1 is 1.40 bits per heavy atom. The molecule has 1 aromatic heterocycles. The van der Waals surface area contributed by atoms with Gasteiger partial charge < -0.3 is 9.73 Å². The minimum atomic E-state index is 0.586. The molecule has 0 aliphatic heterocycles. The molecule has 1 rings (SSSR count). The highest BCUT2D eigenvalue weighted by molar-refractivity contribution is 5.07. The molecule has 0 saturated carbocycles. The van der Waals surface area contributed by atoms with E-state index in [1.54, 1.807) is 6.26 Å². The van der Waals surface area contributed by atoms with Gasteiger partial charge in [-0.3, -0.25) is 0 Å². The van der Waals surface area contributed by atoms with Crippen LogP contribution in [0.15, 0.2) is 23.0 Å². The molecule has 2 heteroatoms. The zero-order valence-corrected chi connectivity index (χ0v) is 10.1. The Labute approximate surface area is 93.1 Å². The van der Waals surface area contributed by atoms with Crippen LogP contribution in [0.4, 0.5) is 0 Å². The molecule has 86 valence electrons. The molecule has 1 N–H and O–H groups in total. The SMILES string of the molecule is CCNC(Cc1ccoc1)CC(C)CC. The van der Waals surface area contributed by atoms with Gasteiger partial charge in [0.1, 0.15) is 0 Å². The molecule has 0 aliphatic rings. The van der Waals surface area contributed by atoms with Crippen molar-refractivity contribution in [2.45, 2.75) is 46.1 Å². The van der Waals surface area contributed by atoms with Crippen molar-refractivity contribution in [2.75, 3.05) is 6.54 Å². The van der Waals surface area contributed by atoms with Crippen LogP contribution >= 0.6 is 0 Å². The summed E-state index contributed by atoms with van der Waals surface area (Å²) in [5.74, 6) is 0.793. The monoisotopic (exact) mass is 209 g/mol. The Kier molecular flexibility index (Phi) is 5.48. The first-order chi connectivity index (χ1) is 7.26. The van der Waals surface area contributed by atoms with Crippen molar-refractivity contribution in [3.63, 3.8) is 0 Å². The largest absolute Gasteiger partial charge is 0.472 e. The van der Waals surface area contributed by atoms with Crippen molar-refractivity contribution in [3.8, 4) is 0 Å². The van der Waals surface area contributed by atoms with Gasteiger partial charge in [-0.15, -0.1) is 0 Å². The maximum absolute atomic E-state index is 5.10. The Morgan fingerprint density at radius 3 is 2.73 bits per heavy atom. The number of nitrogens with one attached hydrogen (secondary N) is 1. The lowest BCUT2D eigenvalue weighted by atomic mass is 9.95. The van der Waals surface area contributed by atoms with E-state index in [0.717, 1.165) is 18.9 Å². The quantitative estimate of drug-likeness (QED) is 0.745. The van der Waals surface area contributed by atoms with E-state index in [9.17, 15) is 0 Å². The van der Waals surface area contributed by atoms with Gasteiger partial charge >= 0.3 is 0 Å². The molecule has 0 amide bonds. The second-order valence-electron chi connectivity index (χ2n) is 4.34. The molecule has 0 bridgehead atoms. The maximum atomic E-state index is 5.10. The Balaban J connectivity index is 2.43. The van der Waals surface area contributed by atoms with E-state index in [0.29, 0.717) is 6.04 Å². The van der Waals surface area contributed by atoms with Gasteiger partial charge in [0.2, 0.25) is 0 Å². The first-order valence-electron chi connectivity index (χ1n) is 6.00. The van der Waals surface area contributed by atoms with Gasteiger partial charge in [0.05, 0.1) is 12.5 Å². The van der Waals surface area contributed by atoms with E-state index in [1.165, 1.54) is 18.4 Å².